The monoisotopic (exact) mass is 455 g/mol. The predicted octanol–water partition coefficient (Wildman–Crippen LogP) is 5.11. The van der Waals surface area contributed by atoms with Gasteiger partial charge in [-0.25, -0.2) is 0 Å². The lowest BCUT2D eigenvalue weighted by atomic mass is 9.94. The third kappa shape index (κ3) is 6.26. The van der Waals surface area contributed by atoms with Gasteiger partial charge in [-0.3, -0.25) is 0 Å². The maximum Gasteiger partial charge on any atom is 0.231 e. The Labute approximate surface area is 197 Å². The summed E-state index contributed by atoms with van der Waals surface area (Å²) in [7, 11) is 5.63. The molecule has 0 unspecified atom stereocenters. The van der Waals surface area contributed by atoms with Gasteiger partial charge in [0.2, 0.25) is 6.79 Å². The molecule has 0 bridgehead atoms. The fraction of sp³-hybridized carbons (Fsp3) is 0.556. The van der Waals surface area contributed by atoms with Crippen LogP contribution in [0.15, 0.2) is 30.3 Å². The zero-order valence-electron chi connectivity index (χ0n) is 20.2. The van der Waals surface area contributed by atoms with E-state index in [1.807, 2.05) is 18.2 Å². The van der Waals surface area contributed by atoms with Gasteiger partial charge in [0.15, 0.2) is 23.0 Å². The fourth-order valence-electron chi connectivity index (χ4n) is 4.83. The van der Waals surface area contributed by atoms with Crippen molar-refractivity contribution < 1.29 is 23.7 Å². The molecular formula is C27H37NO5. The number of nitrogens with zero attached hydrogens (tertiary/aromatic N) is 1. The molecule has 0 spiro atoms. The normalized spacial score (nSPS) is 15.3. The van der Waals surface area contributed by atoms with Crippen molar-refractivity contribution in [2.75, 3.05) is 47.8 Å². The van der Waals surface area contributed by atoms with Crippen LogP contribution in [0.5, 0.6) is 28.7 Å². The quantitative estimate of drug-likeness (QED) is 0.347. The average molecular weight is 456 g/mol. The molecule has 6 nitrogen and oxygen atoms in total. The Kier molecular flexibility index (Phi) is 8.21. The SMILES string of the molecule is COc1cc2c(cc1OC)CCC(CCCN(C)CCCOc1ccc3c(c1)OCO3)CC2. The first-order valence-electron chi connectivity index (χ1n) is 12.1. The third-order valence-electron chi connectivity index (χ3n) is 6.80. The number of hydrogen-bond acceptors (Lipinski definition) is 6. The second kappa shape index (κ2) is 11.5. The summed E-state index contributed by atoms with van der Waals surface area (Å²) in [4.78, 5) is 2.42. The highest BCUT2D eigenvalue weighted by molar-refractivity contribution is 5.48. The average Bonchev–Trinajstić information content (AvgIpc) is 3.21. The molecule has 2 aromatic rings. The molecule has 0 amide bonds. The predicted molar refractivity (Wildman–Crippen MR) is 129 cm³/mol. The topological polar surface area (TPSA) is 49.4 Å². The van der Waals surface area contributed by atoms with Crippen LogP contribution in [0.1, 0.15) is 43.2 Å². The van der Waals surface area contributed by atoms with Gasteiger partial charge >= 0.3 is 0 Å². The summed E-state index contributed by atoms with van der Waals surface area (Å²) < 4.78 is 27.6. The minimum absolute atomic E-state index is 0.293. The molecule has 33 heavy (non-hydrogen) atoms. The largest absolute Gasteiger partial charge is 0.493 e. The lowest BCUT2D eigenvalue weighted by molar-refractivity contribution is 0.173. The minimum Gasteiger partial charge on any atom is -0.493 e. The van der Waals surface area contributed by atoms with Crippen molar-refractivity contribution >= 4 is 0 Å². The van der Waals surface area contributed by atoms with Crippen LogP contribution in [0, 0.1) is 5.92 Å². The molecule has 1 heterocycles. The summed E-state index contributed by atoms with van der Waals surface area (Å²) in [5.74, 6) is 4.88. The van der Waals surface area contributed by atoms with Crippen LogP contribution in [0.4, 0.5) is 0 Å². The molecule has 2 aromatic carbocycles. The molecule has 0 fully saturated rings. The van der Waals surface area contributed by atoms with Crippen LogP contribution >= 0.6 is 0 Å². The van der Waals surface area contributed by atoms with Crippen molar-refractivity contribution in [3.8, 4) is 28.7 Å². The van der Waals surface area contributed by atoms with E-state index in [-0.39, 0.29) is 0 Å². The molecule has 4 rings (SSSR count). The number of rotatable bonds is 11. The third-order valence-corrected chi connectivity index (χ3v) is 6.80. The minimum atomic E-state index is 0.293. The zero-order chi connectivity index (χ0) is 23.0. The van der Waals surface area contributed by atoms with Crippen LogP contribution in [0.25, 0.3) is 0 Å². The first-order chi connectivity index (χ1) is 16.2. The van der Waals surface area contributed by atoms with Gasteiger partial charge in [-0.05, 0) is 99.8 Å². The van der Waals surface area contributed by atoms with Gasteiger partial charge in [-0.2, -0.15) is 0 Å². The number of methoxy groups -OCH3 is 2. The summed E-state index contributed by atoms with van der Waals surface area (Å²) in [5.41, 5.74) is 2.85. The molecular weight excluding hydrogens is 418 g/mol. The van der Waals surface area contributed by atoms with E-state index in [1.165, 1.54) is 36.8 Å². The van der Waals surface area contributed by atoms with Crippen LogP contribution in [0.3, 0.4) is 0 Å². The highest BCUT2D eigenvalue weighted by Crippen LogP contribution is 2.36. The van der Waals surface area contributed by atoms with Crippen LogP contribution in [-0.2, 0) is 12.8 Å². The second-order valence-electron chi connectivity index (χ2n) is 9.08. The van der Waals surface area contributed by atoms with Gasteiger partial charge in [0.1, 0.15) is 5.75 Å². The standard InChI is InChI=1S/C27H37NO5/c1-28(14-5-15-31-23-11-12-24-27(18-23)33-19-32-24)13-4-6-20-7-9-21-16-25(29-2)26(30-3)17-22(21)10-8-20/h11-12,16-18,20H,4-10,13-15,19H2,1-3H3. The first-order valence-corrected chi connectivity index (χ1v) is 12.1. The Hall–Kier alpha value is -2.60. The van der Waals surface area contributed by atoms with Crippen molar-refractivity contribution in [3.05, 3.63) is 41.5 Å². The van der Waals surface area contributed by atoms with Crippen LogP contribution < -0.4 is 23.7 Å². The summed E-state index contributed by atoms with van der Waals surface area (Å²) in [6.45, 7) is 3.17. The van der Waals surface area contributed by atoms with E-state index >= 15 is 0 Å². The van der Waals surface area contributed by atoms with Gasteiger partial charge in [-0.15, -0.1) is 0 Å². The Morgan fingerprint density at radius 1 is 0.879 bits per heavy atom. The smallest absolute Gasteiger partial charge is 0.231 e. The van der Waals surface area contributed by atoms with Gasteiger partial charge in [0, 0.05) is 12.6 Å². The lowest BCUT2D eigenvalue weighted by Gasteiger charge is -2.19. The summed E-state index contributed by atoms with van der Waals surface area (Å²) >= 11 is 0. The van der Waals surface area contributed by atoms with E-state index in [0.717, 1.165) is 67.0 Å². The van der Waals surface area contributed by atoms with E-state index in [4.69, 9.17) is 23.7 Å². The Morgan fingerprint density at radius 2 is 1.55 bits per heavy atom. The Morgan fingerprint density at radius 3 is 2.24 bits per heavy atom. The van der Waals surface area contributed by atoms with Crippen molar-refractivity contribution in [1.29, 1.82) is 0 Å². The maximum absolute atomic E-state index is 5.88. The molecule has 0 radical (unpaired) electrons. The number of hydrogen-bond donors (Lipinski definition) is 0. The number of aryl methyl sites for hydroxylation is 2. The van der Waals surface area contributed by atoms with Crippen LogP contribution in [-0.4, -0.2) is 52.7 Å². The van der Waals surface area contributed by atoms with Crippen LogP contribution in [0.2, 0.25) is 0 Å². The highest BCUT2D eigenvalue weighted by Gasteiger charge is 2.19. The first kappa shape index (κ1) is 23.6. The molecule has 0 saturated carbocycles. The van der Waals surface area contributed by atoms with Gasteiger partial charge < -0.3 is 28.6 Å². The zero-order valence-corrected chi connectivity index (χ0v) is 20.2. The van der Waals surface area contributed by atoms with Gasteiger partial charge in [0.05, 0.1) is 20.8 Å². The highest BCUT2D eigenvalue weighted by atomic mass is 16.7. The van der Waals surface area contributed by atoms with Gasteiger partial charge in [0.25, 0.3) is 0 Å². The van der Waals surface area contributed by atoms with E-state index in [1.54, 1.807) is 14.2 Å². The molecule has 180 valence electrons. The number of fused-ring (bicyclic) bond motifs is 2. The lowest BCUT2D eigenvalue weighted by Crippen LogP contribution is -2.23. The van der Waals surface area contributed by atoms with Crippen molar-refractivity contribution in [3.63, 3.8) is 0 Å². The number of benzene rings is 2. The fourth-order valence-corrected chi connectivity index (χ4v) is 4.83. The van der Waals surface area contributed by atoms with Crippen molar-refractivity contribution in [1.82, 2.24) is 4.90 Å². The molecule has 6 heteroatoms. The van der Waals surface area contributed by atoms with Crippen molar-refractivity contribution in [2.45, 2.75) is 44.9 Å². The molecule has 0 atom stereocenters. The summed E-state index contributed by atoms with van der Waals surface area (Å²) in [6, 6.07) is 10.1. The second-order valence-corrected chi connectivity index (χ2v) is 9.08. The number of ether oxygens (including phenoxy) is 5. The molecule has 1 aliphatic carbocycles. The van der Waals surface area contributed by atoms with Crippen molar-refractivity contribution in [2.24, 2.45) is 5.92 Å². The van der Waals surface area contributed by atoms with E-state index in [9.17, 15) is 0 Å². The Balaban J connectivity index is 1.12. The summed E-state index contributed by atoms with van der Waals surface area (Å²) in [5, 5.41) is 0. The molecule has 0 N–H and O–H groups in total. The van der Waals surface area contributed by atoms with E-state index in [2.05, 4.69) is 24.1 Å². The summed E-state index contributed by atoms with van der Waals surface area (Å²) in [6.07, 6.45) is 8.33. The van der Waals surface area contributed by atoms with E-state index < -0.39 is 0 Å². The molecule has 1 aliphatic heterocycles. The van der Waals surface area contributed by atoms with Gasteiger partial charge in [-0.1, -0.05) is 0 Å². The molecule has 0 aromatic heterocycles. The molecule has 0 saturated heterocycles. The maximum atomic E-state index is 5.88. The van der Waals surface area contributed by atoms with E-state index in [0.29, 0.717) is 13.4 Å². The Bertz CT molecular complexity index is 881. The molecule has 2 aliphatic rings.